The van der Waals surface area contributed by atoms with E-state index in [2.05, 4.69) is 145 Å². The van der Waals surface area contributed by atoms with Crippen molar-refractivity contribution in [3.8, 4) is 22.6 Å². The van der Waals surface area contributed by atoms with Crippen molar-refractivity contribution < 1.29 is 28.5 Å². The van der Waals surface area contributed by atoms with Crippen molar-refractivity contribution in [3.63, 3.8) is 0 Å². The fourth-order valence-corrected chi connectivity index (χ4v) is 8.17. The van der Waals surface area contributed by atoms with Crippen LogP contribution in [0.25, 0.3) is 11.1 Å². The van der Waals surface area contributed by atoms with Crippen LogP contribution in [0.2, 0.25) is 0 Å². The molecular weight excluding hydrogens is 857 g/mol. The van der Waals surface area contributed by atoms with Crippen molar-refractivity contribution in [1.29, 1.82) is 0 Å². The summed E-state index contributed by atoms with van der Waals surface area (Å²) < 4.78 is 21.6. The van der Waals surface area contributed by atoms with Crippen LogP contribution in [0.4, 0.5) is 38.9 Å². The Kier molecular flexibility index (Phi) is 17.3. The number of ether oxygens (including phenoxy) is 4. The second-order valence-electron chi connectivity index (χ2n) is 16.7. The summed E-state index contributed by atoms with van der Waals surface area (Å²) >= 11 is 0. The third kappa shape index (κ3) is 12.7. The number of anilines is 6. The highest BCUT2D eigenvalue weighted by Crippen LogP contribution is 2.39. The number of carbonyl (C=O) groups excluding carboxylic acids is 2. The quantitative estimate of drug-likeness (QED) is 0.0508. The van der Waals surface area contributed by atoms with Crippen molar-refractivity contribution in [3.05, 3.63) is 229 Å². The van der Waals surface area contributed by atoms with Gasteiger partial charge in [-0.2, -0.15) is 0 Å². The van der Waals surface area contributed by atoms with Gasteiger partial charge in [-0.3, -0.25) is 4.79 Å². The lowest BCUT2D eigenvalue weighted by Gasteiger charge is -2.26. The van der Waals surface area contributed by atoms with Gasteiger partial charge in [0.05, 0.1) is 13.2 Å². The van der Waals surface area contributed by atoms with Crippen molar-refractivity contribution in [1.82, 2.24) is 0 Å². The predicted molar refractivity (Wildman–Crippen MR) is 282 cm³/mol. The zero-order valence-corrected chi connectivity index (χ0v) is 38.3. The van der Waals surface area contributed by atoms with Crippen LogP contribution in [0.5, 0.6) is 11.5 Å². The summed E-state index contributed by atoms with van der Waals surface area (Å²) in [5, 5.41) is 0. The summed E-state index contributed by atoms with van der Waals surface area (Å²) in [7, 11) is 1.74. The number of esters is 1. The van der Waals surface area contributed by atoms with Crippen molar-refractivity contribution >= 4 is 46.2 Å². The van der Waals surface area contributed by atoms with Crippen LogP contribution < -0.4 is 19.3 Å². The highest BCUT2D eigenvalue weighted by molar-refractivity contribution is 5.81. The molecule has 0 amide bonds. The average Bonchev–Trinajstić information content (AvgIpc) is 3.35. The zero-order valence-electron chi connectivity index (χ0n) is 38.3. The molecule has 0 spiro atoms. The van der Waals surface area contributed by atoms with Gasteiger partial charge in [0, 0.05) is 60.0 Å². The summed E-state index contributed by atoms with van der Waals surface area (Å²) in [5.41, 5.74) is 12.5. The Morgan fingerprint density at radius 3 is 1.26 bits per heavy atom. The molecule has 8 aromatic carbocycles. The minimum absolute atomic E-state index is 0. The molecule has 8 nitrogen and oxygen atoms in total. The Balaban J connectivity index is 0.00000391. The third-order valence-electron chi connectivity index (χ3n) is 11.8. The molecule has 0 atom stereocenters. The van der Waals surface area contributed by atoms with E-state index in [1.54, 1.807) is 31.4 Å². The molecule has 69 heavy (non-hydrogen) atoms. The molecule has 0 N–H and O–H groups in total. The molecule has 8 rings (SSSR count). The van der Waals surface area contributed by atoms with Crippen molar-refractivity contribution in [2.75, 3.05) is 30.1 Å². The topological polar surface area (TPSA) is 77.5 Å². The first-order valence-corrected chi connectivity index (χ1v) is 22.5. The lowest BCUT2D eigenvalue weighted by molar-refractivity contribution is -0.131. The maximum atomic E-state index is 12.8. The molecule has 0 saturated heterocycles. The van der Waals surface area contributed by atoms with Crippen LogP contribution in [0.3, 0.4) is 0 Å². The molecule has 0 aliphatic heterocycles. The summed E-state index contributed by atoms with van der Waals surface area (Å²) in [5.74, 6) is 0.534. The van der Waals surface area contributed by atoms with E-state index in [0.717, 1.165) is 68.4 Å². The van der Waals surface area contributed by atoms with Gasteiger partial charge in [0.25, 0.3) is 0 Å². The van der Waals surface area contributed by atoms with Crippen LogP contribution >= 0.6 is 0 Å². The van der Waals surface area contributed by atoms with Gasteiger partial charge in [0.15, 0.2) is 0 Å². The second-order valence-corrected chi connectivity index (χ2v) is 16.7. The fraction of sp³-hybridized carbons (Fsp3) is 0.180. The predicted octanol–water partition coefficient (Wildman–Crippen LogP) is 15.8. The molecule has 0 aliphatic carbocycles. The van der Waals surface area contributed by atoms with Crippen LogP contribution in [0.1, 0.15) is 57.9 Å². The Bertz CT molecular complexity index is 2860. The Hall–Kier alpha value is -7.94. The minimum atomic E-state index is -0.762. The number of nitrogens with zero attached hydrogens (tertiary/aromatic N) is 2. The molecule has 352 valence electrons. The maximum absolute atomic E-state index is 12.8. The number of rotatable bonds is 17. The molecule has 0 heterocycles. The molecule has 0 unspecified atom stereocenters. The number of benzene rings is 8. The molecule has 0 saturated carbocycles. The Morgan fingerprint density at radius 2 is 0.841 bits per heavy atom. The molecular formula is C61H62N2O6. The number of hydrogen-bond donors (Lipinski definition) is 0. The Labute approximate surface area is 408 Å². The van der Waals surface area contributed by atoms with E-state index in [1.807, 2.05) is 60.7 Å². The van der Waals surface area contributed by atoms with Gasteiger partial charge in [0.2, 0.25) is 0 Å². The van der Waals surface area contributed by atoms with Gasteiger partial charge >= 0.3 is 12.1 Å². The summed E-state index contributed by atoms with van der Waals surface area (Å²) in [6, 6.07) is 69.9. The van der Waals surface area contributed by atoms with Gasteiger partial charge in [-0.05, 0) is 137 Å². The molecule has 0 aliphatic rings. The van der Waals surface area contributed by atoms with E-state index in [4.69, 9.17) is 18.9 Å². The highest BCUT2D eigenvalue weighted by atomic mass is 16.7. The SMILES string of the molecule is C.C.COCCc1cccc(N(c2ccccc2)c2ccc(-c3ccc(N(c4ccccc4)c4cccc(CCOC(=O)Oc5ccc(C(C)(C)c6ccc(OC(C)=O)cc6)cc5)c4)cc3)cc2)c1. The van der Waals surface area contributed by atoms with E-state index >= 15 is 0 Å². The van der Waals surface area contributed by atoms with E-state index in [1.165, 1.54) is 12.5 Å². The molecule has 0 aromatic heterocycles. The van der Waals surface area contributed by atoms with Crippen molar-refractivity contribution in [2.24, 2.45) is 0 Å². The molecule has 8 heteroatoms. The van der Waals surface area contributed by atoms with E-state index in [-0.39, 0.29) is 32.8 Å². The van der Waals surface area contributed by atoms with Crippen LogP contribution in [-0.2, 0) is 32.5 Å². The van der Waals surface area contributed by atoms with Gasteiger partial charge < -0.3 is 28.7 Å². The highest BCUT2D eigenvalue weighted by Gasteiger charge is 2.24. The van der Waals surface area contributed by atoms with E-state index in [0.29, 0.717) is 24.5 Å². The first-order chi connectivity index (χ1) is 32.6. The van der Waals surface area contributed by atoms with Gasteiger partial charge in [-0.1, -0.05) is 138 Å². The smallest absolute Gasteiger partial charge is 0.434 e. The average molecular weight is 919 g/mol. The molecule has 0 fully saturated rings. The van der Waals surface area contributed by atoms with E-state index < -0.39 is 6.16 Å². The van der Waals surface area contributed by atoms with Gasteiger partial charge in [-0.25, -0.2) is 4.79 Å². The van der Waals surface area contributed by atoms with Crippen LogP contribution in [-0.4, -0.2) is 32.4 Å². The first kappa shape index (κ1) is 50.5. The normalized spacial score (nSPS) is 10.8. The van der Waals surface area contributed by atoms with Crippen LogP contribution in [0, 0.1) is 0 Å². The number of carbonyl (C=O) groups is 2. The third-order valence-corrected chi connectivity index (χ3v) is 11.8. The number of methoxy groups -OCH3 is 1. The summed E-state index contributed by atoms with van der Waals surface area (Å²) in [6.07, 6.45) is 0.591. The summed E-state index contributed by atoms with van der Waals surface area (Å²) in [6.45, 7) is 6.42. The fourth-order valence-electron chi connectivity index (χ4n) is 8.17. The zero-order chi connectivity index (χ0) is 46.6. The molecule has 0 bridgehead atoms. The second kappa shape index (κ2) is 23.7. The Morgan fingerprint density at radius 1 is 0.449 bits per heavy atom. The largest absolute Gasteiger partial charge is 0.513 e. The standard InChI is InChI=1S/C59H54N2O6.2CH4/c1-43(62)66-56-33-25-48(26-34-56)59(2,3)49-27-35-57(36-28-49)67-58(63)65-40-38-45-14-12-20-55(42-45)61(51-17-9-6-10-18-51)53-31-23-47(24-32-53)46-21-29-52(30-22-46)60(50-15-7-5-8-16-50)54-19-11-13-44(41-54)37-39-64-4;;/h5-36,41-42H,37-40H2,1-4H3;2*1H4. The van der Waals surface area contributed by atoms with Gasteiger partial charge in [0.1, 0.15) is 11.5 Å². The lowest BCUT2D eigenvalue weighted by Crippen LogP contribution is -2.19. The number of hydrogen-bond acceptors (Lipinski definition) is 8. The van der Waals surface area contributed by atoms with Crippen LogP contribution in [0.15, 0.2) is 206 Å². The monoisotopic (exact) mass is 918 g/mol. The van der Waals surface area contributed by atoms with Crippen molar-refractivity contribution in [2.45, 2.75) is 53.9 Å². The number of para-hydroxylation sites is 2. The lowest BCUT2D eigenvalue weighted by atomic mass is 9.78. The van der Waals surface area contributed by atoms with E-state index in [9.17, 15) is 9.59 Å². The molecule has 0 radical (unpaired) electrons. The maximum Gasteiger partial charge on any atom is 0.513 e. The minimum Gasteiger partial charge on any atom is -0.434 e. The van der Waals surface area contributed by atoms with Gasteiger partial charge in [-0.15, -0.1) is 0 Å². The first-order valence-electron chi connectivity index (χ1n) is 22.5. The summed E-state index contributed by atoms with van der Waals surface area (Å²) in [4.78, 5) is 28.6. The molecule has 8 aromatic rings.